The molecule has 1 aliphatic heterocycles. The molecule has 1 N–H and O–H groups in total. The zero-order chi connectivity index (χ0) is 13.7. The molecule has 1 heterocycles. The molecule has 0 aliphatic carbocycles. The highest BCUT2D eigenvalue weighted by Gasteiger charge is 2.31. The van der Waals surface area contributed by atoms with Crippen molar-refractivity contribution in [3.8, 4) is 0 Å². The molecule has 0 saturated carbocycles. The van der Waals surface area contributed by atoms with Gasteiger partial charge in [0.1, 0.15) is 0 Å². The summed E-state index contributed by atoms with van der Waals surface area (Å²) >= 11 is 10.6. The van der Waals surface area contributed by atoms with Crippen molar-refractivity contribution in [3.05, 3.63) is 34.9 Å². The minimum Gasteiger partial charge on any atom is -0.316 e. The van der Waals surface area contributed by atoms with Crippen LogP contribution >= 0.6 is 35.1 Å². The number of benzene rings is 1. The topological polar surface area (TPSA) is 12.0 Å². The van der Waals surface area contributed by atoms with Gasteiger partial charge in [-0.25, -0.2) is 0 Å². The molecular formula is C15H22ClNS2. The van der Waals surface area contributed by atoms with Crippen LogP contribution in [0.15, 0.2) is 24.3 Å². The number of likely N-dealkylation sites (N-methyl/N-ethyl adjacent to an activating group) is 1. The summed E-state index contributed by atoms with van der Waals surface area (Å²) in [4.78, 5) is 0. The van der Waals surface area contributed by atoms with E-state index >= 15 is 0 Å². The van der Waals surface area contributed by atoms with Gasteiger partial charge in [-0.1, -0.05) is 36.7 Å². The van der Waals surface area contributed by atoms with E-state index in [1.54, 1.807) is 0 Å². The minimum atomic E-state index is 0.502. The molecule has 1 aliphatic rings. The quantitative estimate of drug-likeness (QED) is 0.878. The molecule has 4 heteroatoms. The molecule has 3 unspecified atom stereocenters. The van der Waals surface area contributed by atoms with Crippen LogP contribution in [-0.2, 0) is 6.42 Å². The molecular weight excluding hydrogens is 294 g/mol. The molecule has 0 spiro atoms. The van der Waals surface area contributed by atoms with Crippen molar-refractivity contribution in [1.29, 1.82) is 0 Å². The summed E-state index contributed by atoms with van der Waals surface area (Å²) in [6.07, 6.45) is 2.27. The van der Waals surface area contributed by atoms with E-state index in [9.17, 15) is 0 Å². The van der Waals surface area contributed by atoms with Crippen LogP contribution < -0.4 is 5.32 Å². The Bertz CT molecular complexity index is 399. The SMILES string of the molecule is CCC1SCCSC1C(Cc1ccccc1Cl)NC. The maximum atomic E-state index is 6.29. The van der Waals surface area contributed by atoms with Crippen LogP contribution in [0.5, 0.6) is 0 Å². The summed E-state index contributed by atoms with van der Waals surface area (Å²) in [5.74, 6) is 2.56. The van der Waals surface area contributed by atoms with E-state index in [4.69, 9.17) is 11.6 Å². The van der Waals surface area contributed by atoms with Crippen molar-refractivity contribution in [3.63, 3.8) is 0 Å². The fourth-order valence-electron chi connectivity index (χ4n) is 2.59. The van der Waals surface area contributed by atoms with Crippen LogP contribution in [-0.4, -0.2) is 35.1 Å². The summed E-state index contributed by atoms with van der Waals surface area (Å²) in [6, 6.07) is 8.72. The van der Waals surface area contributed by atoms with Crippen LogP contribution in [0, 0.1) is 0 Å². The van der Waals surface area contributed by atoms with Crippen molar-refractivity contribution in [2.75, 3.05) is 18.6 Å². The Kier molecular flexibility index (Phi) is 6.40. The van der Waals surface area contributed by atoms with Crippen LogP contribution in [0.4, 0.5) is 0 Å². The van der Waals surface area contributed by atoms with Crippen LogP contribution in [0.3, 0.4) is 0 Å². The van der Waals surface area contributed by atoms with Gasteiger partial charge in [-0.2, -0.15) is 23.5 Å². The normalized spacial score (nSPS) is 25.2. The molecule has 0 bridgehead atoms. The summed E-state index contributed by atoms with van der Waals surface area (Å²) in [6.45, 7) is 2.30. The zero-order valence-electron chi connectivity index (χ0n) is 11.6. The number of hydrogen-bond donors (Lipinski definition) is 1. The molecule has 106 valence electrons. The highest BCUT2D eigenvalue weighted by atomic mass is 35.5. The van der Waals surface area contributed by atoms with E-state index in [2.05, 4.69) is 54.9 Å². The molecule has 0 radical (unpaired) electrons. The predicted molar refractivity (Wildman–Crippen MR) is 90.8 cm³/mol. The molecule has 2 rings (SSSR count). The Morgan fingerprint density at radius 1 is 1.32 bits per heavy atom. The van der Waals surface area contributed by atoms with E-state index in [1.807, 2.05) is 12.1 Å². The second-order valence-electron chi connectivity index (χ2n) is 4.84. The van der Waals surface area contributed by atoms with E-state index in [0.717, 1.165) is 16.7 Å². The molecule has 1 saturated heterocycles. The molecule has 19 heavy (non-hydrogen) atoms. The summed E-state index contributed by atoms with van der Waals surface area (Å²) < 4.78 is 0. The highest BCUT2D eigenvalue weighted by molar-refractivity contribution is 8.07. The molecule has 3 atom stereocenters. The van der Waals surface area contributed by atoms with Crippen molar-refractivity contribution < 1.29 is 0 Å². The molecule has 0 aromatic heterocycles. The number of thioether (sulfide) groups is 2. The number of rotatable bonds is 5. The van der Waals surface area contributed by atoms with Gasteiger partial charge in [0.05, 0.1) is 0 Å². The lowest BCUT2D eigenvalue weighted by atomic mass is 10.0. The Labute approximate surface area is 130 Å². The van der Waals surface area contributed by atoms with Gasteiger partial charge in [-0.15, -0.1) is 0 Å². The summed E-state index contributed by atoms with van der Waals surface area (Å²) in [5, 5.41) is 5.86. The Morgan fingerprint density at radius 3 is 2.74 bits per heavy atom. The molecule has 1 aromatic rings. The first-order chi connectivity index (χ1) is 9.26. The Balaban J connectivity index is 2.08. The van der Waals surface area contributed by atoms with Crippen molar-refractivity contribution in [2.45, 2.75) is 36.3 Å². The Morgan fingerprint density at radius 2 is 2.05 bits per heavy atom. The van der Waals surface area contributed by atoms with Crippen LogP contribution in [0.1, 0.15) is 18.9 Å². The van der Waals surface area contributed by atoms with Crippen LogP contribution in [0.2, 0.25) is 5.02 Å². The average Bonchev–Trinajstić information content (AvgIpc) is 2.46. The third kappa shape index (κ3) is 4.07. The van der Waals surface area contributed by atoms with Crippen LogP contribution in [0.25, 0.3) is 0 Å². The summed E-state index contributed by atoms with van der Waals surface area (Å²) in [5.41, 5.74) is 1.26. The minimum absolute atomic E-state index is 0.502. The van der Waals surface area contributed by atoms with Gasteiger partial charge in [-0.3, -0.25) is 0 Å². The average molecular weight is 316 g/mol. The first-order valence-corrected chi connectivity index (χ1v) is 9.37. The van der Waals surface area contributed by atoms with Crippen molar-refractivity contribution in [1.82, 2.24) is 5.32 Å². The first kappa shape index (κ1) is 15.6. The maximum absolute atomic E-state index is 6.29. The predicted octanol–water partition coefficient (Wildman–Crippen LogP) is 4.10. The molecule has 1 aromatic carbocycles. The monoisotopic (exact) mass is 315 g/mol. The van der Waals surface area contributed by atoms with Crippen molar-refractivity contribution in [2.24, 2.45) is 0 Å². The largest absolute Gasteiger partial charge is 0.316 e. The van der Waals surface area contributed by atoms with E-state index in [0.29, 0.717) is 11.3 Å². The molecule has 0 amide bonds. The van der Waals surface area contributed by atoms with Gasteiger partial charge in [-0.05, 0) is 31.5 Å². The molecule has 1 fully saturated rings. The summed E-state index contributed by atoms with van der Waals surface area (Å²) in [7, 11) is 2.08. The number of halogens is 1. The van der Waals surface area contributed by atoms with Gasteiger partial charge in [0.2, 0.25) is 0 Å². The maximum Gasteiger partial charge on any atom is 0.0438 e. The van der Waals surface area contributed by atoms with E-state index in [-0.39, 0.29) is 0 Å². The van der Waals surface area contributed by atoms with Gasteiger partial charge in [0.15, 0.2) is 0 Å². The van der Waals surface area contributed by atoms with E-state index in [1.165, 1.54) is 23.5 Å². The third-order valence-corrected chi connectivity index (χ3v) is 7.44. The lowest BCUT2D eigenvalue weighted by Crippen LogP contribution is -2.45. The first-order valence-electron chi connectivity index (χ1n) is 6.90. The van der Waals surface area contributed by atoms with Gasteiger partial charge in [0, 0.05) is 33.1 Å². The fourth-order valence-corrected chi connectivity index (χ4v) is 6.11. The van der Waals surface area contributed by atoms with Gasteiger partial charge < -0.3 is 5.32 Å². The zero-order valence-corrected chi connectivity index (χ0v) is 14.0. The van der Waals surface area contributed by atoms with Crippen molar-refractivity contribution >= 4 is 35.1 Å². The third-order valence-electron chi connectivity index (χ3n) is 3.66. The number of nitrogens with one attached hydrogen (secondary N) is 1. The lowest BCUT2D eigenvalue weighted by Gasteiger charge is -2.36. The standard InChI is InChI=1S/C15H22ClNS2/c1-3-14-15(19-9-8-18-14)13(17-2)10-11-6-4-5-7-12(11)16/h4-7,13-15,17H,3,8-10H2,1-2H3. The number of hydrogen-bond acceptors (Lipinski definition) is 3. The fraction of sp³-hybridized carbons (Fsp3) is 0.600. The second kappa shape index (κ2) is 7.82. The molecule has 1 nitrogen and oxygen atoms in total. The smallest absolute Gasteiger partial charge is 0.0438 e. The van der Waals surface area contributed by atoms with Gasteiger partial charge >= 0.3 is 0 Å². The van der Waals surface area contributed by atoms with Gasteiger partial charge in [0.25, 0.3) is 0 Å². The highest BCUT2D eigenvalue weighted by Crippen LogP contribution is 2.36. The second-order valence-corrected chi connectivity index (χ2v) is 7.88. The Hall–Kier alpha value is 0.170. The lowest BCUT2D eigenvalue weighted by molar-refractivity contribution is 0.517. The van der Waals surface area contributed by atoms with E-state index < -0.39 is 0 Å².